The average Bonchev–Trinajstić information content (AvgIpc) is 2.93. The van der Waals surface area contributed by atoms with Crippen LogP contribution in [0.15, 0.2) is 46.9 Å². The van der Waals surface area contributed by atoms with Crippen LogP contribution < -0.4 is 12.4 Å². The van der Waals surface area contributed by atoms with Gasteiger partial charge in [-0.05, 0) is 45.0 Å². The molecule has 160 valence electrons. The fourth-order valence-corrected chi connectivity index (χ4v) is 4.12. The van der Waals surface area contributed by atoms with Gasteiger partial charge in [0.15, 0.2) is 0 Å². The Bertz CT molecular complexity index is 991. The van der Waals surface area contributed by atoms with Crippen LogP contribution in [0.3, 0.4) is 0 Å². The number of esters is 1. The van der Waals surface area contributed by atoms with Gasteiger partial charge in [-0.3, -0.25) is 4.90 Å². The van der Waals surface area contributed by atoms with E-state index in [1.165, 1.54) is 12.8 Å². The molecular weight excluding hydrogens is 402 g/mol. The van der Waals surface area contributed by atoms with Crippen LogP contribution in [0.1, 0.15) is 48.5 Å². The highest BCUT2D eigenvalue weighted by molar-refractivity contribution is 6.10. The largest absolute Gasteiger partial charge is 1.00 e. The van der Waals surface area contributed by atoms with Crippen molar-refractivity contribution in [1.29, 1.82) is 0 Å². The van der Waals surface area contributed by atoms with E-state index >= 15 is 0 Å². The van der Waals surface area contributed by atoms with Crippen molar-refractivity contribution >= 4 is 16.9 Å². The van der Waals surface area contributed by atoms with Gasteiger partial charge in [-0.2, -0.15) is 0 Å². The molecule has 1 aliphatic rings. The van der Waals surface area contributed by atoms with E-state index in [0.29, 0.717) is 28.8 Å². The second-order valence-corrected chi connectivity index (χ2v) is 7.52. The zero-order valence-corrected chi connectivity index (χ0v) is 18.0. The molecule has 1 aromatic heterocycles. The summed E-state index contributed by atoms with van der Waals surface area (Å²) in [6.07, 6.45) is 4.79. The van der Waals surface area contributed by atoms with E-state index < -0.39 is 5.97 Å². The number of hydrogen-bond acceptors (Lipinski definition) is 5. The van der Waals surface area contributed by atoms with Gasteiger partial charge in [0.2, 0.25) is 0 Å². The highest BCUT2D eigenvalue weighted by Crippen LogP contribution is 2.39. The van der Waals surface area contributed by atoms with E-state index in [0.717, 1.165) is 37.1 Å². The summed E-state index contributed by atoms with van der Waals surface area (Å²) in [6, 6.07) is 12.9. The lowest BCUT2D eigenvalue weighted by atomic mass is 10.0. The Morgan fingerprint density at radius 1 is 1.07 bits per heavy atom. The number of nitrogens with zero attached hydrogens (tertiary/aromatic N) is 1. The molecule has 30 heavy (non-hydrogen) atoms. The molecule has 4 rings (SSSR count). The number of hydrogen-bond donors (Lipinski definition) is 1. The zero-order chi connectivity index (χ0) is 20.2. The standard InChI is InChI=1S/C24H27NO4.ClH/c1-2-28-24(27)22-21-18(16-25-14-8-3-4-9-15-25)19(26)12-13-20(21)29-23(22)17-10-6-5-7-11-17;/h5-7,10-13,26H,2-4,8-9,14-16H2,1H3;1H/p-1. The third kappa shape index (κ3) is 4.47. The monoisotopic (exact) mass is 428 g/mol. The van der Waals surface area contributed by atoms with Crippen LogP contribution in [0.2, 0.25) is 0 Å². The third-order valence-electron chi connectivity index (χ3n) is 5.53. The predicted molar refractivity (Wildman–Crippen MR) is 113 cm³/mol. The minimum atomic E-state index is -0.423. The summed E-state index contributed by atoms with van der Waals surface area (Å²) in [5, 5.41) is 11.4. The number of carbonyl (C=O) groups is 1. The topological polar surface area (TPSA) is 62.9 Å². The summed E-state index contributed by atoms with van der Waals surface area (Å²) >= 11 is 0. The predicted octanol–water partition coefficient (Wildman–Crippen LogP) is 2.36. The Morgan fingerprint density at radius 3 is 2.43 bits per heavy atom. The molecule has 3 aromatic rings. The highest BCUT2D eigenvalue weighted by Gasteiger charge is 2.27. The number of furan rings is 1. The number of halogens is 1. The Kier molecular flexibility index (Phi) is 7.40. The molecule has 1 saturated heterocycles. The number of phenols is 1. The lowest BCUT2D eigenvalue weighted by Gasteiger charge is -2.21. The van der Waals surface area contributed by atoms with Crippen LogP contribution in [0, 0.1) is 0 Å². The molecule has 1 aliphatic heterocycles. The van der Waals surface area contributed by atoms with Gasteiger partial charge in [0.05, 0.1) is 6.61 Å². The van der Waals surface area contributed by atoms with Crippen LogP contribution in [0.25, 0.3) is 22.3 Å². The zero-order valence-electron chi connectivity index (χ0n) is 17.2. The lowest BCUT2D eigenvalue weighted by Crippen LogP contribution is -3.00. The maximum absolute atomic E-state index is 12.9. The quantitative estimate of drug-likeness (QED) is 0.632. The van der Waals surface area contributed by atoms with E-state index in [2.05, 4.69) is 4.90 Å². The first-order valence-electron chi connectivity index (χ1n) is 10.4. The first-order valence-corrected chi connectivity index (χ1v) is 10.4. The van der Waals surface area contributed by atoms with E-state index in [-0.39, 0.29) is 24.8 Å². The van der Waals surface area contributed by atoms with E-state index in [1.54, 1.807) is 19.1 Å². The normalized spacial score (nSPS) is 14.8. The Morgan fingerprint density at radius 2 is 1.77 bits per heavy atom. The molecule has 0 saturated carbocycles. The highest BCUT2D eigenvalue weighted by atomic mass is 35.5. The Hall–Kier alpha value is -2.50. The molecule has 2 heterocycles. The van der Waals surface area contributed by atoms with Crippen molar-refractivity contribution in [2.24, 2.45) is 0 Å². The van der Waals surface area contributed by atoms with Gasteiger partial charge < -0.3 is 26.7 Å². The van der Waals surface area contributed by atoms with Crippen molar-refractivity contribution in [3.05, 3.63) is 53.6 Å². The van der Waals surface area contributed by atoms with E-state index in [4.69, 9.17) is 9.15 Å². The molecule has 5 nitrogen and oxygen atoms in total. The first kappa shape index (κ1) is 22.2. The molecule has 1 fully saturated rings. The van der Waals surface area contributed by atoms with Crippen LogP contribution in [0.5, 0.6) is 5.75 Å². The minimum absolute atomic E-state index is 0. The van der Waals surface area contributed by atoms with Crippen molar-refractivity contribution in [2.45, 2.75) is 39.2 Å². The van der Waals surface area contributed by atoms with E-state index in [9.17, 15) is 9.90 Å². The summed E-state index contributed by atoms with van der Waals surface area (Å²) in [5.74, 6) is 0.252. The van der Waals surface area contributed by atoms with Gasteiger partial charge in [0.1, 0.15) is 22.7 Å². The number of aromatic hydroxyl groups is 1. The molecule has 6 heteroatoms. The van der Waals surface area contributed by atoms with Gasteiger partial charge in [-0.1, -0.05) is 43.2 Å². The second-order valence-electron chi connectivity index (χ2n) is 7.52. The van der Waals surface area contributed by atoms with Crippen LogP contribution >= 0.6 is 0 Å². The second kappa shape index (κ2) is 10.0. The summed E-state index contributed by atoms with van der Waals surface area (Å²) < 4.78 is 11.5. The van der Waals surface area contributed by atoms with Crippen molar-refractivity contribution in [1.82, 2.24) is 4.90 Å². The van der Waals surface area contributed by atoms with Crippen molar-refractivity contribution in [2.75, 3.05) is 19.7 Å². The summed E-state index contributed by atoms with van der Waals surface area (Å²) in [7, 11) is 0. The SMILES string of the molecule is CCOC(=O)c1c(-c2ccccc2)oc2ccc(O)c(CN3CCCCCC3)c12.[Cl-]. The Labute approximate surface area is 183 Å². The molecule has 1 N–H and O–H groups in total. The van der Waals surface area contributed by atoms with E-state index in [1.807, 2.05) is 30.3 Å². The maximum Gasteiger partial charge on any atom is 0.342 e. The molecule has 0 amide bonds. The lowest BCUT2D eigenvalue weighted by molar-refractivity contribution is -0.0000257. The van der Waals surface area contributed by atoms with Gasteiger partial charge in [0.25, 0.3) is 0 Å². The van der Waals surface area contributed by atoms with Crippen molar-refractivity contribution in [3.63, 3.8) is 0 Å². The number of fused-ring (bicyclic) bond motifs is 1. The molecule has 0 spiro atoms. The minimum Gasteiger partial charge on any atom is -1.00 e. The van der Waals surface area contributed by atoms with Crippen molar-refractivity contribution in [3.8, 4) is 17.1 Å². The fraction of sp³-hybridized carbons (Fsp3) is 0.375. The summed E-state index contributed by atoms with van der Waals surface area (Å²) in [5.41, 5.74) is 2.54. The molecule has 0 radical (unpaired) electrons. The number of benzene rings is 2. The smallest absolute Gasteiger partial charge is 0.342 e. The molecule has 0 aliphatic carbocycles. The van der Waals surface area contributed by atoms with Gasteiger partial charge >= 0.3 is 5.97 Å². The van der Waals surface area contributed by atoms with Gasteiger partial charge in [-0.15, -0.1) is 0 Å². The number of likely N-dealkylation sites (tertiary alicyclic amines) is 1. The van der Waals surface area contributed by atoms with Crippen LogP contribution in [-0.4, -0.2) is 35.7 Å². The fourth-order valence-electron chi connectivity index (χ4n) is 4.12. The molecule has 0 unspecified atom stereocenters. The number of rotatable bonds is 5. The van der Waals surface area contributed by atoms with Crippen molar-refractivity contribution < 1.29 is 31.5 Å². The number of ether oxygens (including phenoxy) is 1. The molecular formula is C24H27ClNO4-. The van der Waals surface area contributed by atoms with Crippen LogP contribution in [-0.2, 0) is 11.3 Å². The number of phenolic OH excluding ortho intramolecular Hbond substituents is 1. The Balaban J connectivity index is 0.00000256. The molecule has 2 aromatic carbocycles. The third-order valence-corrected chi connectivity index (χ3v) is 5.53. The summed E-state index contributed by atoms with van der Waals surface area (Å²) in [6.45, 7) is 4.64. The first-order chi connectivity index (χ1) is 14.2. The maximum atomic E-state index is 12.9. The average molecular weight is 429 g/mol. The van der Waals surface area contributed by atoms with Gasteiger partial charge in [-0.25, -0.2) is 4.79 Å². The van der Waals surface area contributed by atoms with Crippen LogP contribution in [0.4, 0.5) is 0 Å². The summed E-state index contributed by atoms with van der Waals surface area (Å²) in [4.78, 5) is 15.3. The molecule has 0 atom stereocenters. The molecule has 0 bridgehead atoms. The van der Waals surface area contributed by atoms with Gasteiger partial charge in [0, 0.05) is 23.1 Å². The number of carbonyl (C=O) groups excluding carboxylic acids is 1.